The minimum absolute atomic E-state index is 0.811. The molecule has 0 aliphatic rings. The Labute approximate surface area is 177 Å². The van der Waals surface area contributed by atoms with Crippen LogP contribution in [0.25, 0.3) is 5.57 Å². The molecule has 0 nitrogen and oxygen atoms in total. The molecule has 0 radical (unpaired) electrons. The van der Waals surface area contributed by atoms with Gasteiger partial charge in [-0.25, -0.2) is 0 Å². The van der Waals surface area contributed by atoms with E-state index in [0.29, 0.717) is 0 Å². The van der Waals surface area contributed by atoms with Gasteiger partial charge in [0.2, 0.25) is 0 Å². The molecule has 1 aromatic rings. The molecule has 2 atom stereocenters. The Bertz CT molecular complexity index is 537. The van der Waals surface area contributed by atoms with E-state index in [0.717, 1.165) is 30.1 Å². The fourth-order valence-corrected chi connectivity index (χ4v) is 3.96. The van der Waals surface area contributed by atoms with Crippen molar-refractivity contribution >= 4 is 5.57 Å². The zero-order valence-electron chi connectivity index (χ0n) is 19.9. The van der Waals surface area contributed by atoms with Gasteiger partial charge >= 0.3 is 0 Å². The summed E-state index contributed by atoms with van der Waals surface area (Å²) >= 11 is 0. The Hall–Kier alpha value is -1.04. The van der Waals surface area contributed by atoms with Gasteiger partial charge in [0.1, 0.15) is 0 Å². The Morgan fingerprint density at radius 2 is 1.32 bits per heavy atom. The van der Waals surface area contributed by atoms with Gasteiger partial charge in [-0.1, -0.05) is 111 Å². The molecule has 1 rings (SSSR count). The van der Waals surface area contributed by atoms with Gasteiger partial charge in [0, 0.05) is 0 Å². The average molecular weight is 385 g/mol. The van der Waals surface area contributed by atoms with Crippen LogP contribution in [-0.2, 0) is 6.42 Å². The zero-order valence-corrected chi connectivity index (χ0v) is 19.9. The van der Waals surface area contributed by atoms with E-state index in [-0.39, 0.29) is 0 Å². The number of benzene rings is 1. The molecule has 2 unspecified atom stereocenters. The summed E-state index contributed by atoms with van der Waals surface area (Å²) in [6.07, 6.45) is 13.1. The lowest BCUT2D eigenvalue weighted by Gasteiger charge is -2.15. The first-order valence-corrected chi connectivity index (χ1v) is 12.0. The van der Waals surface area contributed by atoms with Crippen LogP contribution in [0.2, 0.25) is 0 Å². The quantitative estimate of drug-likeness (QED) is 0.282. The topological polar surface area (TPSA) is 0 Å². The van der Waals surface area contributed by atoms with Crippen LogP contribution in [0.4, 0.5) is 0 Å². The maximum atomic E-state index is 4.40. The first-order chi connectivity index (χ1) is 13.3. The largest absolute Gasteiger partial charge is 0.0952 e. The molecule has 0 heteroatoms. The first kappa shape index (κ1) is 25.0. The Morgan fingerprint density at radius 1 is 0.750 bits per heavy atom. The van der Waals surface area contributed by atoms with E-state index in [4.69, 9.17) is 0 Å². The van der Waals surface area contributed by atoms with Crippen molar-refractivity contribution in [1.29, 1.82) is 0 Å². The van der Waals surface area contributed by atoms with Gasteiger partial charge in [0.15, 0.2) is 0 Å². The molecule has 0 bridgehead atoms. The predicted octanol–water partition coefficient (Wildman–Crippen LogP) is 9.34. The van der Waals surface area contributed by atoms with E-state index in [1.54, 1.807) is 0 Å². The molecular formula is C28H48. The second-order valence-electron chi connectivity index (χ2n) is 10.2. The highest BCUT2D eigenvalue weighted by molar-refractivity contribution is 5.63. The van der Waals surface area contributed by atoms with Crippen molar-refractivity contribution in [3.63, 3.8) is 0 Å². The summed E-state index contributed by atoms with van der Waals surface area (Å²) in [5.41, 5.74) is 4.17. The molecular weight excluding hydrogens is 336 g/mol. The van der Waals surface area contributed by atoms with E-state index >= 15 is 0 Å². The van der Waals surface area contributed by atoms with Gasteiger partial charge in [-0.15, -0.1) is 0 Å². The molecule has 1 aromatic carbocycles. The van der Waals surface area contributed by atoms with E-state index in [2.05, 4.69) is 72.4 Å². The molecule has 0 fully saturated rings. The van der Waals surface area contributed by atoms with Crippen molar-refractivity contribution in [2.75, 3.05) is 0 Å². The number of allylic oxidation sites excluding steroid dienone is 1. The predicted molar refractivity (Wildman–Crippen MR) is 129 cm³/mol. The van der Waals surface area contributed by atoms with Crippen molar-refractivity contribution in [3.05, 3.63) is 42.0 Å². The second-order valence-corrected chi connectivity index (χ2v) is 10.2. The normalized spacial score (nSPS) is 13.9. The van der Waals surface area contributed by atoms with E-state index in [1.807, 2.05) is 0 Å². The van der Waals surface area contributed by atoms with Gasteiger partial charge in [0.05, 0.1) is 0 Å². The van der Waals surface area contributed by atoms with Crippen LogP contribution in [0.5, 0.6) is 0 Å². The molecule has 0 aliphatic carbocycles. The lowest BCUT2D eigenvalue weighted by Crippen LogP contribution is -2.00. The highest BCUT2D eigenvalue weighted by Crippen LogP contribution is 2.25. The minimum atomic E-state index is 0.811. The molecule has 0 aromatic heterocycles. The maximum Gasteiger partial charge on any atom is -0.0228 e. The van der Waals surface area contributed by atoms with E-state index in [9.17, 15) is 0 Å². The third-order valence-corrected chi connectivity index (χ3v) is 6.16. The van der Waals surface area contributed by atoms with Gasteiger partial charge in [-0.3, -0.25) is 0 Å². The van der Waals surface area contributed by atoms with Crippen molar-refractivity contribution < 1.29 is 0 Å². The fraction of sp³-hybridized carbons (Fsp3) is 0.714. The molecule has 160 valence electrons. The highest BCUT2D eigenvalue weighted by Gasteiger charge is 2.08. The summed E-state index contributed by atoms with van der Waals surface area (Å²) in [4.78, 5) is 0. The van der Waals surface area contributed by atoms with Crippen molar-refractivity contribution in [2.24, 2.45) is 23.7 Å². The average Bonchev–Trinajstić information content (AvgIpc) is 2.64. The third kappa shape index (κ3) is 11.7. The second kappa shape index (κ2) is 14.0. The summed E-state index contributed by atoms with van der Waals surface area (Å²) in [6.45, 7) is 18.5. The summed E-state index contributed by atoms with van der Waals surface area (Å²) in [5.74, 6) is 3.32. The van der Waals surface area contributed by atoms with Crippen LogP contribution in [0.3, 0.4) is 0 Å². The smallest absolute Gasteiger partial charge is 0.0228 e. The Morgan fingerprint density at radius 3 is 1.89 bits per heavy atom. The molecule has 0 heterocycles. The number of rotatable bonds is 15. The van der Waals surface area contributed by atoms with Gasteiger partial charge < -0.3 is 0 Å². The molecule has 0 saturated carbocycles. The van der Waals surface area contributed by atoms with Crippen LogP contribution < -0.4 is 0 Å². The Kier molecular flexibility index (Phi) is 12.5. The van der Waals surface area contributed by atoms with Gasteiger partial charge in [-0.05, 0) is 66.1 Å². The number of hydrogen-bond acceptors (Lipinski definition) is 0. The number of aryl methyl sites for hydroxylation is 1. The van der Waals surface area contributed by atoms with E-state index < -0.39 is 0 Å². The number of hydrogen-bond donors (Lipinski definition) is 0. The molecule has 0 aliphatic heterocycles. The van der Waals surface area contributed by atoms with Crippen molar-refractivity contribution in [1.82, 2.24) is 0 Å². The van der Waals surface area contributed by atoms with Gasteiger partial charge in [0.25, 0.3) is 0 Å². The van der Waals surface area contributed by atoms with Crippen molar-refractivity contribution in [3.8, 4) is 0 Å². The first-order valence-electron chi connectivity index (χ1n) is 12.0. The third-order valence-electron chi connectivity index (χ3n) is 6.16. The standard InChI is InChI=1S/C28H48/c1-22(2)11-8-13-24(5)17-19-26(7)28-16-10-15-27(21-28)20-18-25(6)14-9-12-23(3)4/h10,15-16,21-25H,7-9,11-14,17-20H2,1-6H3. The molecule has 0 saturated heterocycles. The summed E-state index contributed by atoms with van der Waals surface area (Å²) < 4.78 is 0. The lowest BCUT2D eigenvalue weighted by molar-refractivity contribution is 0.437. The van der Waals surface area contributed by atoms with Crippen LogP contribution in [0.15, 0.2) is 30.8 Å². The molecule has 0 spiro atoms. The summed E-state index contributed by atoms with van der Waals surface area (Å²) in [6, 6.07) is 9.17. The summed E-state index contributed by atoms with van der Waals surface area (Å²) in [5, 5.41) is 0. The van der Waals surface area contributed by atoms with Gasteiger partial charge in [-0.2, -0.15) is 0 Å². The van der Waals surface area contributed by atoms with Crippen LogP contribution >= 0.6 is 0 Å². The molecule has 0 N–H and O–H groups in total. The molecule has 0 amide bonds. The van der Waals surface area contributed by atoms with Crippen molar-refractivity contribution in [2.45, 2.75) is 106 Å². The van der Waals surface area contributed by atoms with Crippen LogP contribution in [0.1, 0.15) is 110 Å². The zero-order chi connectivity index (χ0) is 20.9. The minimum Gasteiger partial charge on any atom is -0.0952 e. The monoisotopic (exact) mass is 384 g/mol. The SMILES string of the molecule is C=C(CCC(C)CCCC(C)C)c1cccc(CCC(C)CCCC(C)C)c1. The lowest BCUT2D eigenvalue weighted by atomic mass is 9.91. The van der Waals surface area contributed by atoms with Crippen LogP contribution in [0, 0.1) is 23.7 Å². The summed E-state index contributed by atoms with van der Waals surface area (Å²) in [7, 11) is 0. The highest BCUT2D eigenvalue weighted by atomic mass is 14.1. The van der Waals surface area contributed by atoms with E-state index in [1.165, 1.54) is 74.5 Å². The fourth-order valence-electron chi connectivity index (χ4n) is 3.96. The maximum absolute atomic E-state index is 4.40. The van der Waals surface area contributed by atoms with Crippen LogP contribution in [-0.4, -0.2) is 0 Å². The molecule has 28 heavy (non-hydrogen) atoms. The Balaban J connectivity index is 2.37.